The van der Waals surface area contributed by atoms with Gasteiger partial charge in [-0.3, -0.25) is 0 Å². The van der Waals surface area contributed by atoms with E-state index in [-0.39, 0.29) is 13.2 Å². The number of ether oxygens (including phenoxy) is 2. The summed E-state index contributed by atoms with van der Waals surface area (Å²) in [5, 5.41) is 3.12. The van der Waals surface area contributed by atoms with E-state index < -0.39 is 17.9 Å². The van der Waals surface area contributed by atoms with Crippen LogP contribution in [0.2, 0.25) is 0 Å². The third-order valence-corrected chi connectivity index (χ3v) is 4.09. The number of pyridine rings is 1. The molecule has 0 saturated heterocycles. The molecule has 0 saturated carbocycles. The summed E-state index contributed by atoms with van der Waals surface area (Å²) >= 11 is 0. The highest BCUT2D eigenvalue weighted by Gasteiger charge is 2.38. The van der Waals surface area contributed by atoms with Gasteiger partial charge in [0, 0.05) is 23.5 Å². The van der Waals surface area contributed by atoms with Crippen LogP contribution < -0.4 is 9.88 Å². The van der Waals surface area contributed by atoms with Gasteiger partial charge in [-0.15, -0.1) is 0 Å². The van der Waals surface area contributed by atoms with Crippen LogP contribution in [0.4, 0.5) is 0 Å². The van der Waals surface area contributed by atoms with Gasteiger partial charge in [-0.2, -0.15) is 0 Å². The van der Waals surface area contributed by atoms with Crippen molar-refractivity contribution >= 4 is 11.9 Å². The highest BCUT2D eigenvalue weighted by atomic mass is 16.5. The molecule has 6 nitrogen and oxygen atoms in total. The third-order valence-electron chi connectivity index (χ3n) is 4.09. The molecule has 1 aliphatic rings. The van der Waals surface area contributed by atoms with Gasteiger partial charge < -0.3 is 14.8 Å². The van der Waals surface area contributed by atoms with Gasteiger partial charge >= 0.3 is 11.9 Å². The van der Waals surface area contributed by atoms with Crippen LogP contribution in [-0.4, -0.2) is 25.2 Å². The Kier molecular flexibility index (Phi) is 5.96. The van der Waals surface area contributed by atoms with E-state index in [0.717, 1.165) is 5.56 Å². The Morgan fingerprint density at radius 2 is 1.44 bits per heavy atom. The second-order valence-electron chi connectivity index (χ2n) is 5.87. The van der Waals surface area contributed by atoms with Crippen LogP contribution in [0.5, 0.6) is 0 Å². The summed E-state index contributed by atoms with van der Waals surface area (Å²) in [5.74, 6) is -1.39. The van der Waals surface area contributed by atoms with Crippen molar-refractivity contribution in [2.24, 2.45) is 7.05 Å². The lowest BCUT2D eigenvalue weighted by atomic mass is 9.80. The average molecular weight is 345 g/mol. The minimum absolute atomic E-state index is 0.267. The van der Waals surface area contributed by atoms with Crippen molar-refractivity contribution in [3.8, 4) is 0 Å². The number of hydrogen-bond acceptors (Lipinski definition) is 5. The molecule has 0 atom stereocenters. The molecule has 1 aromatic rings. The van der Waals surface area contributed by atoms with Crippen LogP contribution in [0, 0.1) is 0 Å². The summed E-state index contributed by atoms with van der Waals surface area (Å²) < 4.78 is 12.4. The Hall–Kier alpha value is -2.63. The SMILES string of the molecule is CCOC(=O)C1=C(C)NC(C)=C(C(=O)OCC)C1c1cc[n+](C)cc1. The Labute approximate surface area is 148 Å². The Balaban J connectivity index is 2.61. The predicted octanol–water partition coefficient (Wildman–Crippen LogP) is 1.87. The second kappa shape index (κ2) is 7.96. The third kappa shape index (κ3) is 3.90. The first-order valence-electron chi connectivity index (χ1n) is 8.38. The molecular weight excluding hydrogens is 320 g/mol. The van der Waals surface area contributed by atoms with Gasteiger partial charge in [0.2, 0.25) is 0 Å². The van der Waals surface area contributed by atoms with Crippen LogP contribution in [0.3, 0.4) is 0 Å². The summed E-state index contributed by atoms with van der Waals surface area (Å²) in [6.07, 6.45) is 3.77. The largest absolute Gasteiger partial charge is 0.463 e. The van der Waals surface area contributed by atoms with Crippen molar-refractivity contribution in [2.45, 2.75) is 33.6 Å². The minimum atomic E-state index is -0.527. The lowest BCUT2D eigenvalue weighted by Gasteiger charge is -2.30. The molecule has 1 aliphatic heterocycles. The molecule has 0 aliphatic carbocycles. The summed E-state index contributed by atoms with van der Waals surface area (Å²) in [6.45, 7) is 7.68. The predicted molar refractivity (Wildman–Crippen MR) is 92.2 cm³/mol. The quantitative estimate of drug-likeness (QED) is 0.652. The van der Waals surface area contributed by atoms with Crippen LogP contribution in [0.15, 0.2) is 47.1 Å². The number of carbonyl (C=O) groups excluding carboxylic acids is 2. The molecule has 1 N–H and O–H groups in total. The van der Waals surface area contributed by atoms with Gasteiger partial charge in [0.05, 0.1) is 30.3 Å². The lowest BCUT2D eigenvalue weighted by molar-refractivity contribution is -0.671. The number of aromatic nitrogens is 1. The highest BCUT2D eigenvalue weighted by molar-refractivity contribution is 5.99. The maximum absolute atomic E-state index is 12.6. The normalized spacial score (nSPS) is 15.1. The molecule has 134 valence electrons. The van der Waals surface area contributed by atoms with Gasteiger partial charge in [0.1, 0.15) is 7.05 Å². The monoisotopic (exact) mass is 345 g/mol. The maximum atomic E-state index is 12.6. The summed E-state index contributed by atoms with van der Waals surface area (Å²) in [5.41, 5.74) is 3.07. The van der Waals surface area contributed by atoms with E-state index in [1.807, 2.05) is 50.0 Å². The first-order chi connectivity index (χ1) is 11.9. The molecule has 25 heavy (non-hydrogen) atoms. The molecule has 0 spiro atoms. The van der Waals surface area contributed by atoms with E-state index in [4.69, 9.17) is 9.47 Å². The van der Waals surface area contributed by atoms with Crippen molar-refractivity contribution in [2.75, 3.05) is 13.2 Å². The van der Waals surface area contributed by atoms with Crippen molar-refractivity contribution < 1.29 is 23.6 Å². The smallest absolute Gasteiger partial charge is 0.336 e. The number of aryl methyl sites for hydroxylation is 1. The van der Waals surface area contributed by atoms with Crippen LogP contribution in [0.1, 0.15) is 39.2 Å². The van der Waals surface area contributed by atoms with Crippen LogP contribution in [-0.2, 0) is 26.1 Å². The maximum Gasteiger partial charge on any atom is 0.336 e. The zero-order valence-corrected chi connectivity index (χ0v) is 15.4. The molecule has 0 amide bonds. The van der Waals surface area contributed by atoms with Gasteiger partial charge in [-0.1, -0.05) is 0 Å². The molecular formula is C19H25N2O4+. The molecule has 6 heteroatoms. The van der Waals surface area contributed by atoms with Gasteiger partial charge in [-0.05, 0) is 33.3 Å². The van der Waals surface area contributed by atoms with E-state index >= 15 is 0 Å². The van der Waals surface area contributed by atoms with Gasteiger partial charge in [-0.25, -0.2) is 14.2 Å². The van der Waals surface area contributed by atoms with E-state index in [1.54, 1.807) is 13.8 Å². The summed E-state index contributed by atoms with van der Waals surface area (Å²) in [7, 11) is 1.91. The van der Waals surface area contributed by atoms with Crippen molar-refractivity contribution in [3.05, 3.63) is 52.6 Å². The molecule has 0 radical (unpaired) electrons. The molecule has 2 heterocycles. The van der Waals surface area contributed by atoms with Gasteiger partial charge in [0.15, 0.2) is 12.4 Å². The summed E-state index contributed by atoms with van der Waals surface area (Å²) in [4.78, 5) is 25.2. The van der Waals surface area contributed by atoms with Crippen molar-refractivity contribution in [1.82, 2.24) is 5.32 Å². The second-order valence-corrected chi connectivity index (χ2v) is 5.87. The fourth-order valence-electron chi connectivity index (χ4n) is 2.99. The average Bonchev–Trinajstić information content (AvgIpc) is 2.55. The molecule has 1 aromatic heterocycles. The van der Waals surface area contributed by atoms with E-state index in [0.29, 0.717) is 22.5 Å². The molecule has 2 rings (SSSR count). The summed E-state index contributed by atoms with van der Waals surface area (Å²) in [6, 6.07) is 3.80. The number of nitrogens with one attached hydrogen (secondary N) is 1. The number of dihydropyridines is 1. The fraction of sp³-hybridized carbons (Fsp3) is 0.421. The highest BCUT2D eigenvalue weighted by Crippen LogP contribution is 2.38. The van der Waals surface area contributed by atoms with Crippen molar-refractivity contribution in [3.63, 3.8) is 0 Å². The number of allylic oxidation sites excluding steroid dienone is 2. The minimum Gasteiger partial charge on any atom is -0.463 e. The zero-order chi connectivity index (χ0) is 18.6. The van der Waals surface area contributed by atoms with Gasteiger partial charge in [0.25, 0.3) is 0 Å². The number of esters is 2. The zero-order valence-electron chi connectivity index (χ0n) is 15.4. The molecule has 0 unspecified atom stereocenters. The first-order valence-corrected chi connectivity index (χ1v) is 8.38. The fourth-order valence-corrected chi connectivity index (χ4v) is 2.99. The Bertz CT molecular complexity index is 692. The van der Waals surface area contributed by atoms with Crippen LogP contribution >= 0.6 is 0 Å². The standard InChI is InChI=1S/C19H24N2O4/c1-6-24-18(22)15-12(3)20-13(4)16(19(23)25-7-2)17(15)14-8-10-21(5)11-9-14/h8-11,17H,6-7H2,1-5H3/p+1. The molecule has 0 bridgehead atoms. The van der Waals surface area contributed by atoms with E-state index in [2.05, 4.69) is 5.32 Å². The Morgan fingerprint density at radius 3 is 1.84 bits per heavy atom. The van der Waals surface area contributed by atoms with E-state index in [9.17, 15) is 9.59 Å². The first kappa shape index (κ1) is 18.7. The van der Waals surface area contributed by atoms with E-state index in [1.165, 1.54) is 0 Å². The van der Waals surface area contributed by atoms with Crippen molar-refractivity contribution in [1.29, 1.82) is 0 Å². The number of rotatable bonds is 5. The number of nitrogens with zero attached hydrogens (tertiary/aromatic N) is 1. The number of carbonyl (C=O) groups is 2. The molecule has 0 fully saturated rings. The Morgan fingerprint density at radius 1 is 1.00 bits per heavy atom. The topological polar surface area (TPSA) is 68.5 Å². The number of hydrogen-bond donors (Lipinski definition) is 1. The lowest BCUT2D eigenvalue weighted by Crippen LogP contribution is -2.33. The van der Waals surface area contributed by atoms with Crippen LogP contribution in [0.25, 0.3) is 0 Å². The molecule has 0 aromatic carbocycles.